The molecule has 0 heterocycles. The first kappa shape index (κ1) is 21.9. The van der Waals surface area contributed by atoms with Gasteiger partial charge in [-0.15, -0.1) is 4.09 Å². The van der Waals surface area contributed by atoms with Gasteiger partial charge in [0.15, 0.2) is 11.6 Å². The molecule has 0 aliphatic heterocycles. The van der Waals surface area contributed by atoms with Gasteiger partial charge in [-0.25, -0.2) is 13.2 Å². The molecule has 1 atom stereocenters. The van der Waals surface area contributed by atoms with E-state index in [4.69, 9.17) is 4.84 Å². The molecule has 0 fully saturated rings. The highest BCUT2D eigenvalue weighted by Gasteiger charge is 2.24. The number of hydrogen-bond donors (Lipinski definition) is 2. The van der Waals surface area contributed by atoms with E-state index < -0.39 is 35.2 Å². The van der Waals surface area contributed by atoms with Crippen LogP contribution in [0.2, 0.25) is 0 Å². The molecule has 10 heteroatoms. The van der Waals surface area contributed by atoms with E-state index >= 15 is 0 Å². The summed E-state index contributed by atoms with van der Waals surface area (Å²) < 4.78 is 43.3. The number of amides is 1. The number of nitrogens with one attached hydrogen (secondary N) is 1. The average molecular weight is 559 g/mol. The fraction of sp³-hybridized carbons (Fsp3) is 0.235. The minimum Gasteiger partial charge on any atom is -0.391 e. The smallest absolute Gasteiger partial charge is 0.290 e. The SMILES string of the molecule is CCC(O)CON(Br)C(=O)c1ccc(F)c(F)c1Nc1ccc(I)cc1F. The fourth-order valence-electron chi connectivity index (χ4n) is 2.00. The van der Waals surface area contributed by atoms with Crippen LogP contribution in [0.3, 0.4) is 0 Å². The molecule has 2 aromatic rings. The molecule has 0 saturated heterocycles. The van der Waals surface area contributed by atoms with Gasteiger partial charge in [0.25, 0.3) is 5.91 Å². The van der Waals surface area contributed by atoms with Crippen molar-refractivity contribution in [1.29, 1.82) is 0 Å². The highest BCUT2D eigenvalue weighted by molar-refractivity contribution is 14.1. The van der Waals surface area contributed by atoms with Crippen molar-refractivity contribution in [3.63, 3.8) is 0 Å². The lowest BCUT2D eigenvalue weighted by Crippen LogP contribution is -2.27. The number of nitrogens with zero attached hydrogens (tertiary/aromatic N) is 1. The predicted octanol–water partition coefficient (Wildman–Crippen LogP) is 4.91. The topological polar surface area (TPSA) is 61.8 Å². The maximum atomic E-state index is 14.3. The molecule has 0 bridgehead atoms. The molecule has 1 amide bonds. The minimum atomic E-state index is -1.34. The van der Waals surface area contributed by atoms with Crippen molar-refractivity contribution in [2.45, 2.75) is 19.4 Å². The molecule has 2 aromatic carbocycles. The van der Waals surface area contributed by atoms with E-state index in [1.165, 1.54) is 12.1 Å². The zero-order valence-corrected chi connectivity index (χ0v) is 17.7. The molecule has 5 nitrogen and oxygen atoms in total. The van der Waals surface area contributed by atoms with E-state index in [0.29, 0.717) is 14.1 Å². The number of anilines is 2. The lowest BCUT2D eigenvalue weighted by molar-refractivity contribution is -0.0790. The van der Waals surface area contributed by atoms with Gasteiger partial charge < -0.3 is 10.4 Å². The summed E-state index contributed by atoms with van der Waals surface area (Å²) in [7, 11) is 0. The number of hydroxylamine groups is 1. The molecular formula is C17H15BrF3IN2O3. The molecule has 0 spiro atoms. The Morgan fingerprint density at radius 3 is 2.63 bits per heavy atom. The van der Waals surface area contributed by atoms with Gasteiger partial charge in [0.2, 0.25) is 0 Å². The molecular weight excluding hydrogens is 544 g/mol. The Morgan fingerprint density at radius 2 is 2.00 bits per heavy atom. The van der Waals surface area contributed by atoms with E-state index in [1.807, 2.05) is 22.6 Å². The standard InChI is InChI=1S/C17H15BrF3IN2O3/c1-2-10(25)8-27-24(18)17(26)11-4-5-12(19)15(21)16(11)23-14-6-3-9(22)7-13(14)20/h3-7,10,23,25H,2,8H2,1H3. The van der Waals surface area contributed by atoms with E-state index in [9.17, 15) is 23.1 Å². The van der Waals surface area contributed by atoms with Crippen molar-refractivity contribution in [2.24, 2.45) is 0 Å². The predicted molar refractivity (Wildman–Crippen MR) is 106 cm³/mol. The Kier molecular flexibility index (Phi) is 7.89. The van der Waals surface area contributed by atoms with Crippen LogP contribution in [-0.2, 0) is 4.84 Å². The normalized spacial score (nSPS) is 12.0. The number of hydrogen-bond acceptors (Lipinski definition) is 4. The molecule has 2 rings (SSSR count). The summed E-state index contributed by atoms with van der Waals surface area (Å²) in [6.45, 7) is 1.53. The summed E-state index contributed by atoms with van der Waals surface area (Å²) in [5.74, 6) is -4.11. The largest absolute Gasteiger partial charge is 0.391 e. The van der Waals surface area contributed by atoms with Crippen molar-refractivity contribution in [3.05, 3.63) is 56.9 Å². The second kappa shape index (κ2) is 9.71. The summed E-state index contributed by atoms with van der Waals surface area (Å²) in [5, 5.41) is 11.9. The lowest BCUT2D eigenvalue weighted by atomic mass is 10.1. The summed E-state index contributed by atoms with van der Waals surface area (Å²) in [4.78, 5) is 17.6. The van der Waals surface area contributed by atoms with Crippen molar-refractivity contribution in [1.82, 2.24) is 4.09 Å². The van der Waals surface area contributed by atoms with Gasteiger partial charge in [0.05, 0.1) is 39.2 Å². The molecule has 1 unspecified atom stereocenters. The zero-order valence-electron chi connectivity index (χ0n) is 14.0. The van der Waals surface area contributed by atoms with Gasteiger partial charge in [-0.3, -0.25) is 9.63 Å². The summed E-state index contributed by atoms with van der Waals surface area (Å²) in [6.07, 6.45) is -0.402. The van der Waals surface area contributed by atoms with Gasteiger partial charge in [-0.2, -0.15) is 0 Å². The Balaban J connectivity index is 2.34. The van der Waals surface area contributed by atoms with Gasteiger partial charge in [-0.1, -0.05) is 6.92 Å². The van der Waals surface area contributed by atoms with Crippen LogP contribution >= 0.6 is 38.7 Å². The highest BCUT2D eigenvalue weighted by Crippen LogP contribution is 2.30. The molecule has 0 saturated carbocycles. The molecule has 146 valence electrons. The third kappa shape index (κ3) is 5.56. The number of benzene rings is 2. The van der Waals surface area contributed by atoms with Gasteiger partial charge in [-0.05, 0) is 59.3 Å². The highest BCUT2D eigenvalue weighted by atomic mass is 127. The van der Waals surface area contributed by atoms with Crippen molar-refractivity contribution < 1.29 is 27.9 Å². The fourth-order valence-corrected chi connectivity index (χ4v) is 2.76. The maximum absolute atomic E-state index is 14.3. The first-order valence-corrected chi connectivity index (χ1v) is 9.54. The van der Waals surface area contributed by atoms with E-state index in [-0.39, 0.29) is 17.9 Å². The Labute approximate surface area is 175 Å². The second-order valence-electron chi connectivity index (χ2n) is 5.44. The van der Waals surface area contributed by atoms with Crippen LogP contribution in [0.1, 0.15) is 23.7 Å². The van der Waals surface area contributed by atoms with E-state index in [2.05, 4.69) is 21.5 Å². The molecule has 0 aliphatic rings. The summed E-state index contributed by atoms with van der Waals surface area (Å²) in [6, 6.07) is 5.93. The Morgan fingerprint density at radius 1 is 1.30 bits per heavy atom. The maximum Gasteiger partial charge on any atom is 0.290 e. The number of aliphatic hydroxyl groups excluding tert-OH is 1. The molecule has 27 heavy (non-hydrogen) atoms. The number of halogens is 5. The summed E-state index contributed by atoms with van der Waals surface area (Å²) >= 11 is 4.76. The van der Waals surface area contributed by atoms with Crippen LogP contribution in [0.25, 0.3) is 0 Å². The summed E-state index contributed by atoms with van der Waals surface area (Å²) in [5.41, 5.74) is -0.962. The van der Waals surface area contributed by atoms with E-state index in [0.717, 1.165) is 12.1 Å². The Hall–Kier alpha value is -1.37. The third-order valence-electron chi connectivity index (χ3n) is 3.53. The number of carbonyl (C=O) groups is 1. The third-order valence-corrected chi connectivity index (χ3v) is 4.73. The van der Waals surface area contributed by atoms with Crippen LogP contribution in [0, 0.1) is 21.0 Å². The van der Waals surface area contributed by atoms with Gasteiger partial charge in [0.1, 0.15) is 12.4 Å². The average Bonchev–Trinajstić information content (AvgIpc) is 2.64. The molecule has 0 aliphatic carbocycles. The van der Waals surface area contributed by atoms with Crippen molar-refractivity contribution in [3.8, 4) is 0 Å². The minimum absolute atomic E-state index is 0.127. The zero-order chi connectivity index (χ0) is 20.1. The second-order valence-corrected chi connectivity index (χ2v) is 7.33. The van der Waals surface area contributed by atoms with E-state index in [1.54, 1.807) is 13.0 Å². The first-order chi connectivity index (χ1) is 12.7. The van der Waals surface area contributed by atoms with Crippen molar-refractivity contribution >= 4 is 56.0 Å². The monoisotopic (exact) mass is 558 g/mol. The van der Waals surface area contributed by atoms with Crippen LogP contribution in [-0.4, -0.2) is 27.8 Å². The molecule has 0 aromatic heterocycles. The van der Waals surface area contributed by atoms with Gasteiger partial charge >= 0.3 is 0 Å². The number of carbonyl (C=O) groups excluding carboxylic acids is 1. The molecule has 0 radical (unpaired) electrons. The van der Waals surface area contributed by atoms with Crippen LogP contribution in [0.15, 0.2) is 30.3 Å². The van der Waals surface area contributed by atoms with Crippen LogP contribution in [0.5, 0.6) is 0 Å². The van der Waals surface area contributed by atoms with Gasteiger partial charge in [0, 0.05) is 3.57 Å². The number of aliphatic hydroxyl groups is 1. The first-order valence-electron chi connectivity index (χ1n) is 7.75. The Bertz CT molecular complexity index is 841. The lowest BCUT2D eigenvalue weighted by Gasteiger charge is -2.19. The van der Waals surface area contributed by atoms with Crippen LogP contribution < -0.4 is 5.32 Å². The molecule has 2 N–H and O–H groups in total. The van der Waals surface area contributed by atoms with Crippen molar-refractivity contribution in [2.75, 3.05) is 11.9 Å². The van der Waals surface area contributed by atoms with Crippen LogP contribution in [0.4, 0.5) is 24.5 Å². The number of rotatable bonds is 7. The quantitative estimate of drug-likeness (QED) is 0.288.